The molecule has 0 atom stereocenters. The van der Waals surface area contributed by atoms with E-state index in [9.17, 15) is 4.79 Å². The fourth-order valence-corrected chi connectivity index (χ4v) is 3.13. The van der Waals surface area contributed by atoms with Gasteiger partial charge in [0.2, 0.25) is 11.9 Å². The molecule has 1 aliphatic heterocycles. The van der Waals surface area contributed by atoms with Gasteiger partial charge in [0.05, 0.1) is 23.4 Å². The molecule has 1 amide bonds. The second-order valence-corrected chi connectivity index (χ2v) is 6.94. The fourth-order valence-electron chi connectivity index (χ4n) is 2.83. The molecular weight excluding hydrogens is 389 g/mol. The Bertz CT molecular complexity index is 818. The predicted octanol–water partition coefficient (Wildman–Crippen LogP) is 3.96. The molecule has 2 N–H and O–H groups in total. The number of aromatic nitrogens is 2. The van der Waals surface area contributed by atoms with Crippen molar-refractivity contribution in [3.8, 4) is 5.75 Å². The molecule has 0 bridgehead atoms. The number of methoxy groups -OCH3 is 1. The molecule has 2 aromatic rings. The van der Waals surface area contributed by atoms with E-state index in [4.69, 9.17) is 27.9 Å². The molecule has 27 heavy (non-hydrogen) atoms. The SMILES string of the molecule is COc1cnc(Nc2ccc(Cl)c(Cl)c2)nc1NCCCN1CCCC1=O. The summed E-state index contributed by atoms with van der Waals surface area (Å²) in [6, 6.07) is 5.20. The van der Waals surface area contributed by atoms with Crippen molar-refractivity contribution in [3.05, 3.63) is 34.4 Å². The van der Waals surface area contributed by atoms with E-state index >= 15 is 0 Å². The van der Waals surface area contributed by atoms with Crippen LogP contribution in [0.15, 0.2) is 24.4 Å². The van der Waals surface area contributed by atoms with E-state index in [0.717, 1.165) is 31.6 Å². The lowest BCUT2D eigenvalue weighted by Gasteiger charge is -2.16. The number of ether oxygens (including phenoxy) is 1. The topological polar surface area (TPSA) is 79.4 Å². The lowest BCUT2D eigenvalue weighted by Crippen LogP contribution is -2.27. The molecule has 9 heteroatoms. The summed E-state index contributed by atoms with van der Waals surface area (Å²) in [4.78, 5) is 22.2. The molecule has 1 aromatic carbocycles. The summed E-state index contributed by atoms with van der Waals surface area (Å²) < 4.78 is 5.31. The molecular formula is C18H21Cl2N5O2. The van der Waals surface area contributed by atoms with Gasteiger partial charge < -0.3 is 20.3 Å². The Hall–Kier alpha value is -2.25. The molecule has 1 fully saturated rings. The first-order valence-electron chi connectivity index (χ1n) is 8.71. The number of nitrogens with zero attached hydrogens (tertiary/aromatic N) is 3. The highest BCUT2D eigenvalue weighted by atomic mass is 35.5. The molecule has 1 aromatic heterocycles. The second-order valence-electron chi connectivity index (χ2n) is 6.13. The van der Waals surface area contributed by atoms with Crippen LogP contribution in [0.3, 0.4) is 0 Å². The third-order valence-corrected chi connectivity index (χ3v) is 4.96. The van der Waals surface area contributed by atoms with Crippen molar-refractivity contribution in [2.75, 3.05) is 37.4 Å². The number of nitrogens with one attached hydrogen (secondary N) is 2. The van der Waals surface area contributed by atoms with E-state index in [1.54, 1.807) is 31.5 Å². The lowest BCUT2D eigenvalue weighted by molar-refractivity contribution is -0.127. The molecule has 7 nitrogen and oxygen atoms in total. The summed E-state index contributed by atoms with van der Waals surface area (Å²) in [5.74, 6) is 1.78. The smallest absolute Gasteiger partial charge is 0.229 e. The van der Waals surface area contributed by atoms with Crippen LogP contribution in [0.2, 0.25) is 10.0 Å². The van der Waals surface area contributed by atoms with Gasteiger partial charge in [-0.25, -0.2) is 4.98 Å². The Morgan fingerprint density at radius 3 is 2.85 bits per heavy atom. The third-order valence-electron chi connectivity index (χ3n) is 4.22. The van der Waals surface area contributed by atoms with Crippen LogP contribution in [-0.2, 0) is 4.79 Å². The summed E-state index contributed by atoms with van der Waals surface area (Å²) in [6.07, 6.45) is 4.04. The van der Waals surface area contributed by atoms with Gasteiger partial charge in [0.1, 0.15) is 0 Å². The van der Waals surface area contributed by atoms with Gasteiger partial charge in [0.15, 0.2) is 11.6 Å². The van der Waals surface area contributed by atoms with Crippen molar-refractivity contribution in [1.82, 2.24) is 14.9 Å². The number of anilines is 3. The van der Waals surface area contributed by atoms with Crippen LogP contribution in [0.1, 0.15) is 19.3 Å². The zero-order valence-corrected chi connectivity index (χ0v) is 16.5. The van der Waals surface area contributed by atoms with E-state index in [1.165, 1.54) is 0 Å². The Labute approximate surface area is 168 Å². The van der Waals surface area contributed by atoms with Gasteiger partial charge in [0.25, 0.3) is 0 Å². The standard InChI is InChI=1S/C18H21Cl2N5O2/c1-27-15-11-22-18(23-12-5-6-13(19)14(20)10-12)24-17(15)21-7-3-9-25-8-2-4-16(25)26/h5-6,10-11H,2-4,7-9H2,1H3,(H2,21,22,23,24). The monoisotopic (exact) mass is 409 g/mol. The maximum Gasteiger partial charge on any atom is 0.229 e. The minimum absolute atomic E-state index is 0.239. The molecule has 1 saturated heterocycles. The third kappa shape index (κ3) is 5.14. The molecule has 0 spiro atoms. The van der Waals surface area contributed by atoms with E-state index < -0.39 is 0 Å². The van der Waals surface area contributed by atoms with Gasteiger partial charge in [-0.15, -0.1) is 0 Å². The number of likely N-dealkylation sites (tertiary alicyclic amines) is 1. The minimum Gasteiger partial charge on any atom is -0.491 e. The van der Waals surface area contributed by atoms with Crippen LogP contribution in [-0.4, -0.2) is 47.5 Å². The number of rotatable bonds is 8. The van der Waals surface area contributed by atoms with Crippen molar-refractivity contribution in [2.45, 2.75) is 19.3 Å². The second kappa shape index (κ2) is 9.10. The number of benzene rings is 1. The first-order valence-corrected chi connectivity index (χ1v) is 9.47. The Kier molecular flexibility index (Phi) is 6.58. The number of carbonyl (C=O) groups is 1. The zero-order valence-electron chi connectivity index (χ0n) is 15.0. The normalized spacial score (nSPS) is 13.7. The highest BCUT2D eigenvalue weighted by Crippen LogP contribution is 2.27. The minimum atomic E-state index is 0.239. The van der Waals surface area contributed by atoms with E-state index in [1.807, 2.05) is 4.90 Å². The van der Waals surface area contributed by atoms with Gasteiger partial charge in [0, 0.05) is 31.7 Å². The molecule has 0 saturated carbocycles. The first-order chi connectivity index (χ1) is 13.1. The van der Waals surface area contributed by atoms with Crippen molar-refractivity contribution < 1.29 is 9.53 Å². The maximum atomic E-state index is 11.6. The Balaban J connectivity index is 1.60. The summed E-state index contributed by atoms with van der Waals surface area (Å²) in [5, 5.41) is 7.27. The van der Waals surface area contributed by atoms with Crippen molar-refractivity contribution >= 4 is 46.6 Å². The summed E-state index contributed by atoms with van der Waals surface area (Å²) in [7, 11) is 1.57. The van der Waals surface area contributed by atoms with Crippen LogP contribution < -0.4 is 15.4 Å². The summed E-state index contributed by atoms with van der Waals surface area (Å²) >= 11 is 12.0. The number of hydrogen-bond acceptors (Lipinski definition) is 6. The van der Waals surface area contributed by atoms with Crippen LogP contribution in [0.4, 0.5) is 17.5 Å². The predicted molar refractivity (Wildman–Crippen MR) is 107 cm³/mol. The highest BCUT2D eigenvalue weighted by molar-refractivity contribution is 6.42. The molecule has 2 heterocycles. The summed E-state index contributed by atoms with van der Waals surface area (Å²) in [5.41, 5.74) is 0.730. The summed E-state index contributed by atoms with van der Waals surface area (Å²) in [6.45, 7) is 2.27. The van der Waals surface area contributed by atoms with E-state index in [2.05, 4.69) is 20.6 Å². The van der Waals surface area contributed by atoms with E-state index in [-0.39, 0.29) is 5.91 Å². The van der Waals surface area contributed by atoms with Crippen molar-refractivity contribution in [2.24, 2.45) is 0 Å². The number of halogens is 2. The van der Waals surface area contributed by atoms with Gasteiger partial charge in [-0.05, 0) is 31.0 Å². The average molecular weight is 410 g/mol. The Morgan fingerprint density at radius 1 is 1.30 bits per heavy atom. The maximum absolute atomic E-state index is 11.6. The Morgan fingerprint density at radius 2 is 2.15 bits per heavy atom. The van der Waals surface area contributed by atoms with Crippen molar-refractivity contribution in [3.63, 3.8) is 0 Å². The molecule has 144 valence electrons. The largest absolute Gasteiger partial charge is 0.491 e. The molecule has 3 rings (SSSR count). The van der Waals surface area contributed by atoms with Gasteiger partial charge >= 0.3 is 0 Å². The molecule has 0 unspecified atom stereocenters. The average Bonchev–Trinajstić information content (AvgIpc) is 3.07. The molecule has 0 radical (unpaired) electrons. The van der Waals surface area contributed by atoms with Crippen LogP contribution in [0.25, 0.3) is 0 Å². The van der Waals surface area contributed by atoms with Crippen molar-refractivity contribution in [1.29, 1.82) is 0 Å². The van der Waals surface area contributed by atoms with Crippen LogP contribution in [0.5, 0.6) is 5.75 Å². The quantitative estimate of drug-likeness (QED) is 0.642. The van der Waals surface area contributed by atoms with Crippen LogP contribution >= 0.6 is 23.2 Å². The lowest BCUT2D eigenvalue weighted by atomic mass is 10.3. The zero-order chi connectivity index (χ0) is 19.2. The highest BCUT2D eigenvalue weighted by Gasteiger charge is 2.19. The van der Waals surface area contributed by atoms with Gasteiger partial charge in [-0.1, -0.05) is 23.2 Å². The van der Waals surface area contributed by atoms with Crippen LogP contribution in [0, 0.1) is 0 Å². The van der Waals surface area contributed by atoms with Gasteiger partial charge in [-0.3, -0.25) is 4.79 Å². The number of amides is 1. The molecule has 0 aliphatic carbocycles. The van der Waals surface area contributed by atoms with E-state index in [0.29, 0.717) is 40.5 Å². The molecule has 1 aliphatic rings. The van der Waals surface area contributed by atoms with Gasteiger partial charge in [-0.2, -0.15) is 4.98 Å². The number of hydrogen-bond donors (Lipinski definition) is 2. The first kappa shape index (κ1) is 19.5. The fraction of sp³-hybridized carbons (Fsp3) is 0.389. The number of carbonyl (C=O) groups excluding carboxylic acids is 1.